The molecule has 12 nitrogen and oxygen atoms in total. The number of aliphatic carboxylic acids is 1. The predicted molar refractivity (Wildman–Crippen MR) is 266 cm³/mol. The molecule has 1 aliphatic heterocycles. The van der Waals surface area contributed by atoms with Gasteiger partial charge in [-0.3, -0.25) is 14.4 Å². The van der Waals surface area contributed by atoms with Crippen LogP contribution in [0.5, 0.6) is 0 Å². The first kappa shape index (κ1) is 62.2. The zero-order valence-electron chi connectivity index (χ0n) is 42.7. The zero-order chi connectivity index (χ0) is 49.0. The number of hydrogen-bond donors (Lipinski definition) is 3. The van der Waals surface area contributed by atoms with Crippen molar-refractivity contribution in [1.82, 2.24) is 0 Å². The van der Waals surface area contributed by atoms with Crippen molar-refractivity contribution in [3.05, 3.63) is 24.3 Å². The van der Waals surface area contributed by atoms with Gasteiger partial charge in [0.1, 0.15) is 18.8 Å². The topological polar surface area (TPSA) is 175 Å². The fourth-order valence-corrected chi connectivity index (χ4v) is 8.29. The van der Waals surface area contributed by atoms with E-state index in [1.54, 1.807) is 0 Å². The number of rotatable bonds is 46. The van der Waals surface area contributed by atoms with E-state index in [-0.39, 0.29) is 25.9 Å². The van der Waals surface area contributed by atoms with Gasteiger partial charge in [0, 0.05) is 19.3 Å². The average Bonchev–Trinajstić information content (AvgIpc) is 3.31. The summed E-state index contributed by atoms with van der Waals surface area (Å²) < 4.78 is 28.3. The lowest BCUT2D eigenvalue weighted by Crippen LogP contribution is -2.61. The smallest absolute Gasteiger partial charge is 0.335 e. The molecule has 1 fully saturated rings. The highest BCUT2D eigenvalue weighted by atomic mass is 16.7. The monoisotopic (exact) mass is 951 g/mol. The van der Waals surface area contributed by atoms with E-state index in [0.717, 1.165) is 96.3 Å². The van der Waals surface area contributed by atoms with Crippen molar-refractivity contribution in [2.45, 2.75) is 289 Å². The number of carboxylic acid groups (broad SMARTS) is 1. The molecule has 1 heterocycles. The fraction of sp³-hybridized carbons (Fsp3) is 0.855. The number of esters is 3. The van der Waals surface area contributed by atoms with Gasteiger partial charge in [-0.25, -0.2) is 4.79 Å². The SMILES string of the molecule is CCC/C=C\C/C=C\CCCCCCCC(=O)OC(COC(=O)CCCCCCCCCCCCCCCCC)COC1OC(C(=O)O)C(O)C(O)C1OC(=O)CCCCCCCCCCC. The Morgan fingerprint density at radius 1 is 0.493 bits per heavy atom. The maximum absolute atomic E-state index is 13.1. The molecule has 1 rings (SSSR count). The number of carboxylic acids is 1. The molecule has 0 spiro atoms. The minimum atomic E-state index is -1.90. The summed E-state index contributed by atoms with van der Waals surface area (Å²) in [6.07, 6.45) is 36.0. The van der Waals surface area contributed by atoms with E-state index in [0.29, 0.717) is 19.3 Å². The Bertz CT molecular complexity index is 1270. The van der Waals surface area contributed by atoms with E-state index < -0.39 is 67.3 Å². The standard InChI is InChI=1S/C55H98O12/c1-4-7-10-13-16-19-21-23-24-26-27-30-32-35-38-41-47(56)63-44-46(65-48(57)42-39-36-34-31-28-25-22-20-17-14-11-8-5-2)45-64-55-53(51(60)50(59)52(67-55)54(61)62)66-49(58)43-40-37-33-29-18-15-12-9-6-3/h11,14,20,22,46,50-53,55,59-60H,4-10,12-13,15-19,21,23-45H2,1-3H3,(H,61,62)/b14-11-,22-20-. The minimum Gasteiger partial charge on any atom is -0.479 e. The molecule has 0 saturated carbocycles. The average molecular weight is 951 g/mol. The summed E-state index contributed by atoms with van der Waals surface area (Å²) in [6.45, 7) is 5.89. The van der Waals surface area contributed by atoms with Gasteiger partial charge in [0.15, 0.2) is 24.6 Å². The lowest BCUT2D eigenvalue weighted by molar-refractivity contribution is -0.301. The molecule has 0 amide bonds. The molecule has 390 valence electrons. The van der Waals surface area contributed by atoms with Crippen LogP contribution >= 0.6 is 0 Å². The largest absolute Gasteiger partial charge is 0.479 e. The van der Waals surface area contributed by atoms with Crippen molar-refractivity contribution in [3.8, 4) is 0 Å². The third-order valence-corrected chi connectivity index (χ3v) is 12.5. The molecule has 0 aromatic carbocycles. The van der Waals surface area contributed by atoms with E-state index in [1.807, 2.05) is 0 Å². The van der Waals surface area contributed by atoms with Crippen LogP contribution in [0.4, 0.5) is 0 Å². The molecule has 67 heavy (non-hydrogen) atoms. The van der Waals surface area contributed by atoms with Crippen LogP contribution < -0.4 is 0 Å². The number of carbonyl (C=O) groups excluding carboxylic acids is 3. The Labute approximate surface area is 407 Å². The third kappa shape index (κ3) is 35.0. The maximum Gasteiger partial charge on any atom is 0.335 e. The molecule has 0 aromatic rings. The van der Waals surface area contributed by atoms with Gasteiger partial charge in [-0.2, -0.15) is 0 Å². The molecule has 0 aliphatic carbocycles. The molecule has 12 heteroatoms. The quantitative estimate of drug-likeness (QED) is 0.0228. The number of aliphatic hydroxyl groups excluding tert-OH is 2. The van der Waals surface area contributed by atoms with Crippen molar-refractivity contribution in [3.63, 3.8) is 0 Å². The van der Waals surface area contributed by atoms with Crippen molar-refractivity contribution in [1.29, 1.82) is 0 Å². The Morgan fingerprint density at radius 3 is 1.40 bits per heavy atom. The number of aliphatic hydroxyl groups is 2. The van der Waals surface area contributed by atoms with Crippen molar-refractivity contribution in [2.24, 2.45) is 0 Å². The highest BCUT2D eigenvalue weighted by Gasteiger charge is 2.50. The number of allylic oxidation sites excluding steroid dienone is 4. The Balaban J connectivity index is 2.70. The lowest BCUT2D eigenvalue weighted by Gasteiger charge is -2.40. The second-order valence-corrected chi connectivity index (χ2v) is 18.9. The van der Waals surface area contributed by atoms with Crippen molar-refractivity contribution >= 4 is 23.9 Å². The van der Waals surface area contributed by atoms with Gasteiger partial charge in [-0.05, 0) is 44.9 Å². The van der Waals surface area contributed by atoms with Gasteiger partial charge >= 0.3 is 23.9 Å². The molecule has 0 aromatic heterocycles. The van der Waals surface area contributed by atoms with E-state index in [2.05, 4.69) is 45.1 Å². The molecular formula is C55H98O12. The second kappa shape index (κ2) is 44.4. The van der Waals surface area contributed by atoms with Crippen molar-refractivity contribution < 1.29 is 58.2 Å². The Morgan fingerprint density at radius 2 is 0.925 bits per heavy atom. The van der Waals surface area contributed by atoms with Crippen LogP contribution in [-0.4, -0.2) is 89.2 Å². The summed E-state index contributed by atoms with van der Waals surface area (Å²) >= 11 is 0. The van der Waals surface area contributed by atoms with Gasteiger partial charge in [-0.1, -0.05) is 212 Å². The molecule has 1 aliphatic rings. The van der Waals surface area contributed by atoms with Crippen LogP contribution in [-0.2, 0) is 42.9 Å². The van der Waals surface area contributed by atoms with Crippen LogP contribution in [0.2, 0.25) is 0 Å². The van der Waals surface area contributed by atoms with Gasteiger partial charge < -0.3 is 39.0 Å². The first-order chi connectivity index (χ1) is 32.6. The van der Waals surface area contributed by atoms with Crippen molar-refractivity contribution in [2.75, 3.05) is 13.2 Å². The van der Waals surface area contributed by atoms with Crippen LogP contribution in [0.3, 0.4) is 0 Å². The number of ether oxygens (including phenoxy) is 5. The molecule has 6 atom stereocenters. The fourth-order valence-electron chi connectivity index (χ4n) is 8.29. The molecule has 0 bridgehead atoms. The van der Waals surface area contributed by atoms with Gasteiger partial charge in [0.05, 0.1) is 6.61 Å². The highest BCUT2D eigenvalue weighted by Crippen LogP contribution is 2.26. The second-order valence-electron chi connectivity index (χ2n) is 18.9. The summed E-state index contributed by atoms with van der Waals surface area (Å²) in [4.78, 5) is 50.8. The zero-order valence-corrected chi connectivity index (χ0v) is 42.7. The first-order valence-electron chi connectivity index (χ1n) is 27.3. The number of hydrogen-bond acceptors (Lipinski definition) is 11. The molecule has 1 saturated heterocycles. The summed E-state index contributed by atoms with van der Waals surface area (Å²) in [5, 5.41) is 31.3. The number of carbonyl (C=O) groups is 4. The lowest BCUT2D eigenvalue weighted by atomic mass is 9.98. The van der Waals surface area contributed by atoms with Crippen LogP contribution in [0.15, 0.2) is 24.3 Å². The predicted octanol–water partition coefficient (Wildman–Crippen LogP) is 13.1. The van der Waals surface area contributed by atoms with Gasteiger partial charge in [-0.15, -0.1) is 0 Å². The Kier molecular flexibility index (Phi) is 41.2. The first-order valence-corrected chi connectivity index (χ1v) is 27.3. The number of unbranched alkanes of at least 4 members (excludes halogenated alkanes) is 28. The summed E-state index contributed by atoms with van der Waals surface area (Å²) in [6, 6.07) is 0. The van der Waals surface area contributed by atoms with E-state index in [9.17, 15) is 34.5 Å². The third-order valence-electron chi connectivity index (χ3n) is 12.5. The van der Waals surface area contributed by atoms with Gasteiger partial charge in [0.25, 0.3) is 0 Å². The van der Waals surface area contributed by atoms with E-state index >= 15 is 0 Å². The Hall–Kier alpha value is -2.80. The molecule has 0 radical (unpaired) electrons. The van der Waals surface area contributed by atoms with Crippen LogP contribution in [0.1, 0.15) is 252 Å². The van der Waals surface area contributed by atoms with Gasteiger partial charge in [0.2, 0.25) is 0 Å². The summed E-state index contributed by atoms with van der Waals surface area (Å²) in [5.74, 6) is -3.12. The summed E-state index contributed by atoms with van der Waals surface area (Å²) in [5.41, 5.74) is 0. The summed E-state index contributed by atoms with van der Waals surface area (Å²) in [7, 11) is 0. The normalized spacial score (nSPS) is 19.0. The van der Waals surface area contributed by atoms with E-state index in [1.165, 1.54) is 96.3 Å². The highest BCUT2D eigenvalue weighted by molar-refractivity contribution is 5.74. The molecule has 6 unspecified atom stereocenters. The molecular weight excluding hydrogens is 853 g/mol. The maximum atomic E-state index is 13.1. The van der Waals surface area contributed by atoms with E-state index in [4.69, 9.17) is 23.7 Å². The van der Waals surface area contributed by atoms with Crippen LogP contribution in [0, 0.1) is 0 Å². The minimum absolute atomic E-state index is 0.0633. The van der Waals surface area contributed by atoms with Crippen LogP contribution in [0.25, 0.3) is 0 Å². The molecule has 3 N–H and O–H groups in total.